The van der Waals surface area contributed by atoms with Gasteiger partial charge in [-0.25, -0.2) is 0 Å². The van der Waals surface area contributed by atoms with Crippen molar-refractivity contribution in [3.8, 4) is 0 Å². The van der Waals surface area contributed by atoms with Crippen LogP contribution in [-0.2, 0) is 12.6 Å². The van der Waals surface area contributed by atoms with Gasteiger partial charge in [0.2, 0.25) is 0 Å². The Labute approximate surface area is 113 Å². The lowest BCUT2D eigenvalue weighted by Gasteiger charge is -2.11. The Kier molecular flexibility index (Phi) is 5.17. The summed E-state index contributed by atoms with van der Waals surface area (Å²) in [5.41, 5.74) is -1.81. The van der Waals surface area contributed by atoms with Crippen LogP contribution in [0.25, 0.3) is 0 Å². The Morgan fingerprint density at radius 1 is 1.42 bits per heavy atom. The fourth-order valence-electron chi connectivity index (χ4n) is 1.77. The highest BCUT2D eigenvalue weighted by molar-refractivity contribution is 6.20. The van der Waals surface area contributed by atoms with E-state index >= 15 is 0 Å². The van der Waals surface area contributed by atoms with Crippen molar-refractivity contribution in [3.05, 3.63) is 39.4 Å². The first-order valence-corrected chi connectivity index (χ1v) is 6.18. The normalized spacial score (nSPS) is 13.3. The second-order valence-electron chi connectivity index (χ2n) is 4.20. The van der Waals surface area contributed by atoms with Crippen molar-refractivity contribution >= 4 is 17.3 Å². The predicted octanol–water partition coefficient (Wildman–Crippen LogP) is 4.56. The maximum atomic E-state index is 12.7. The molecule has 19 heavy (non-hydrogen) atoms. The third-order valence-corrected chi connectivity index (χ3v) is 2.99. The Morgan fingerprint density at radius 3 is 2.53 bits per heavy atom. The maximum Gasteiger partial charge on any atom is 0.423 e. The molecule has 106 valence electrons. The molecule has 0 amide bonds. The van der Waals surface area contributed by atoms with Gasteiger partial charge < -0.3 is 0 Å². The van der Waals surface area contributed by atoms with Crippen LogP contribution >= 0.6 is 11.6 Å². The lowest BCUT2D eigenvalue weighted by Crippen LogP contribution is -2.11. The molecule has 0 aromatic heterocycles. The summed E-state index contributed by atoms with van der Waals surface area (Å²) in [4.78, 5) is 9.55. The number of hydrogen-bond donors (Lipinski definition) is 0. The fourth-order valence-corrected chi connectivity index (χ4v) is 2.16. The van der Waals surface area contributed by atoms with E-state index in [2.05, 4.69) is 0 Å². The maximum absolute atomic E-state index is 12.7. The van der Waals surface area contributed by atoms with E-state index in [0.717, 1.165) is 18.6 Å². The van der Waals surface area contributed by atoms with Gasteiger partial charge in [0, 0.05) is 11.4 Å². The van der Waals surface area contributed by atoms with Crippen LogP contribution in [0.5, 0.6) is 0 Å². The first-order valence-electron chi connectivity index (χ1n) is 5.74. The van der Waals surface area contributed by atoms with Crippen LogP contribution in [0.2, 0.25) is 0 Å². The van der Waals surface area contributed by atoms with Crippen molar-refractivity contribution in [1.82, 2.24) is 0 Å². The van der Waals surface area contributed by atoms with E-state index in [1.165, 1.54) is 6.07 Å². The molecule has 0 bridgehead atoms. The molecule has 1 aromatic carbocycles. The minimum atomic E-state index is -4.75. The molecule has 0 saturated carbocycles. The number of nitro benzene ring substituents is 1. The first kappa shape index (κ1) is 15.8. The molecule has 1 atom stereocenters. The molecule has 0 radical (unpaired) electrons. The van der Waals surface area contributed by atoms with Crippen molar-refractivity contribution in [2.75, 3.05) is 0 Å². The Bertz CT molecular complexity index is 463. The Balaban J connectivity index is 3.09. The Hall–Kier alpha value is -1.30. The lowest BCUT2D eigenvalue weighted by molar-refractivity contribution is -0.388. The van der Waals surface area contributed by atoms with Crippen LogP contribution in [0.15, 0.2) is 18.2 Å². The van der Waals surface area contributed by atoms with E-state index in [4.69, 9.17) is 11.6 Å². The van der Waals surface area contributed by atoms with E-state index in [-0.39, 0.29) is 11.8 Å². The molecule has 0 spiro atoms. The van der Waals surface area contributed by atoms with Crippen LogP contribution < -0.4 is 0 Å². The minimum absolute atomic E-state index is 0.260. The number of benzene rings is 1. The molecule has 0 heterocycles. The predicted molar refractivity (Wildman–Crippen MR) is 66.4 cm³/mol. The van der Waals surface area contributed by atoms with Crippen LogP contribution in [0.3, 0.4) is 0 Å². The SMILES string of the molecule is CCCC(Cl)Cc1ccc([N+](=O)[O-])c(C(F)(F)F)c1. The zero-order valence-corrected chi connectivity index (χ0v) is 11.0. The summed E-state index contributed by atoms with van der Waals surface area (Å²) in [6.45, 7) is 1.92. The molecule has 0 N–H and O–H groups in total. The molecule has 0 aliphatic heterocycles. The van der Waals surface area contributed by atoms with Gasteiger partial charge in [-0.1, -0.05) is 19.4 Å². The van der Waals surface area contributed by atoms with Crippen molar-refractivity contribution < 1.29 is 18.1 Å². The monoisotopic (exact) mass is 295 g/mol. The fraction of sp³-hybridized carbons (Fsp3) is 0.500. The van der Waals surface area contributed by atoms with Crippen molar-refractivity contribution in [1.29, 1.82) is 0 Å². The van der Waals surface area contributed by atoms with Gasteiger partial charge in [0.15, 0.2) is 0 Å². The lowest BCUT2D eigenvalue weighted by atomic mass is 10.0. The molecule has 0 aliphatic rings. The van der Waals surface area contributed by atoms with Gasteiger partial charge in [-0.2, -0.15) is 13.2 Å². The molecule has 7 heteroatoms. The van der Waals surface area contributed by atoms with Crippen LogP contribution in [-0.4, -0.2) is 10.3 Å². The highest BCUT2D eigenvalue weighted by Gasteiger charge is 2.38. The highest BCUT2D eigenvalue weighted by Crippen LogP contribution is 2.36. The van der Waals surface area contributed by atoms with Crippen molar-refractivity contribution in [2.24, 2.45) is 0 Å². The molecule has 1 unspecified atom stereocenters. The molecule has 0 fully saturated rings. The zero-order valence-electron chi connectivity index (χ0n) is 10.2. The summed E-state index contributed by atoms with van der Waals surface area (Å²) in [5.74, 6) is 0. The average molecular weight is 296 g/mol. The van der Waals surface area contributed by atoms with Crippen LogP contribution in [0.4, 0.5) is 18.9 Å². The number of alkyl halides is 4. The largest absolute Gasteiger partial charge is 0.423 e. The molecular formula is C12H13ClF3NO2. The second-order valence-corrected chi connectivity index (χ2v) is 4.81. The van der Waals surface area contributed by atoms with Gasteiger partial charge in [-0.3, -0.25) is 10.1 Å². The number of nitrogens with zero attached hydrogens (tertiary/aromatic N) is 1. The Morgan fingerprint density at radius 2 is 2.05 bits per heavy atom. The van der Waals surface area contributed by atoms with Crippen LogP contribution in [0, 0.1) is 10.1 Å². The third-order valence-electron chi connectivity index (χ3n) is 2.62. The number of nitro groups is 1. The highest BCUT2D eigenvalue weighted by atomic mass is 35.5. The van der Waals surface area contributed by atoms with Gasteiger partial charge in [-0.15, -0.1) is 11.6 Å². The summed E-state index contributed by atoms with van der Waals surface area (Å²) in [6.07, 6.45) is -2.98. The molecule has 1 rings (SSSR count). The third kappa shape index (κ3) is 4.38. The molecule has 0 saturated heterocycles. The molecule has 3 nitrogen and oxygen atoms in total. The zero-order chi connectivity index (χ0) is 14.6. The van der Waals surface area contributed by atoms with E-state index in [1.54, 1.807) is 0 Å². The van der Waals surface area contributed by atoms with E-state index in [9.17, 15) is 23.3 Å². The number of hydrogen-bond acceptors (Lipinski definition) is 2. The van der Waals surface area contributed by atoms with E-state index < -0.39 is 22.4 Å². The van der Waals surface area contributed by atoms with E-state index in [0.29, 0.717) is 12.0 Å². The number of rotatable bonds is 5. The van der Waals surface area contributed by atoms with Gasteiger partial charge in [0.05, 0.1) is 4.92 Å². The summed E-state index contributed by atoms with van der Waals surface area (Å²) < 4.78 is 38.2. The van der Waals surface area contributed by atoms with Crippen molar-refractivity contribution in [3.63, 3.8) is 0 Å². The molecular weight excluding hydrogens is 283 g/mol. The smallest absolute Gasteiger partial charge is 0.258 e. The van der Waals surface area contributed by atoms with Crippen molar-refractivity contribution in [2.45, 2.75) is 37.7 Å². The second kappa shape index (κ2) is 6.23. The van der Waals surface area contributed by atoms with Gasteiger partial charge in [0.1, 0.15) is 5.56 Å². The van der Waals surface area contributed by atoms with Gasteiger partial charge in [-0.05, 0) is 24.5 Å². The summed E-state index contributed by atoms with van der Waals surface area (Å²) in [6, 6.07) is 3.01. The van der Waals surface area contributed by atoms with Gasteiger partial charge >= 0.3 is 6.18 Å². The summed E-state index contributed by atoms with van der Waals surface area (Å²) in [7, 11) is 0. The molecule has 0 aliphatic carbocycles. The van der Waals surface area contributed by atoms with Gasteiger partial charge in [0.25, 0.3) is 5.69 Å². The van der Waals surface area contributed by atoms with Crippen LogP contribution in [0.1, 0.15) is 30.9 Å². The standard InChI is InChI=1S/C12H13ClF3NO2/c1-2-3-9(13)6-8-4-5-11(17(18)19)10(7-8)12(14,15)16/h4-5,7,9H,2-3,6H2,1H3. The summed E-state index contributed by atoms with van der Waals surface area (Å²) in [5, 5.41) is 10.3. The first-order chi connectivity index (χ1) is 8.75. The summed E-state index contributed by atoms with van der Waals surface area (Å²) >= 11 is 5.97. The quantitative estimate of drug-likeness (QED) is 0.454. The molecule has 1 aromatic rings. The van der Waals surface area contributed by atoms with E-state index in [1.807, 2.05) is 6.92 Å². The number of halogens is 4. The average Bonchev–Trinajstić information content (AvgIpc) is 2.27. The minimum Gasteiger partial charge on any atom is -0.258 e. The topological polar surface area (TPSA) is 43.1 Å².